The molecule has 7 nitrogen and oxygen atoms in total. The van der Waals surface area contributed by atoms with Crippen LogP contribution in [0.3, 0.4) is 0 Å². The number of anilines is 1. The van der Waals surface area contributed by atoms with Crippen molar-refractivity contribution in [3.63, 3.8) is 0 Å². The number of ketones is 1. The average Bonchev–Trinajstić information content (AvgIpc) is 2.71. The fourth-order valence-corrected chi connectivity index (χ4v) is 3.45. The van der Waals surface area contributed by atoms with E-state index in [0.717, 1.165) is 5.82 Å². The molecule has 1 amide bonds. The maximum atomic E-state index is 14.2. The fourth-order valence-electron chi connectivity index (χ4n) is 3.45. The number of carbonyl (C=O) groups excluding carboxylic acids is 2. The van der Waals surface area contributed by atoms with Crippen LogP contribution in [-0.2, 0) is 11.3 Å². The number of hydrogen-bond acceptors (Lipinski definition) is 6. The van der Waals surface area contributed by atoms with E-state index in [1.165, 1.54) is 13.0 Å². The number of pyridine rings is 1. The minimum absolute atomic E-state index is 0.00327. The van der Waals surface area contributed by atoms with Crippen molar-refractivity contribution >= 4 is 17.7 Å². The van der Waals surface area contributed by atoms with Gasteiger partial charge in [-0.1, -0.05) is 18.2 Å². The zero-order chi connectivity index (χ0) is 23.5. The summed E-state index contributed by atoms with van der Waals surface area (Å²) in [4.78, 5) is 32.2. The number of amides is 1. The van der Waals surface area contributed by atoms with Crippen LogP contribution in [0.2, 0.25) is 0 Å². The van der Waals surface area contributed by atoms with E-state index in [1.54, 1.807) is 23.1 Å². The number of halogens is 1. The van der Waals surface area contributed by atoms with Crippen molar-refractivity contribution in [3.8, 4) is 5.88 Å². The zero-order valence-electron chi connectivity index (χ0n) is 19.2. The molecule has 3 rings (SSSR count). The zero-order valence-corrected chi connectivity index (χ0v) is 19.2. The van der Waals surface area contributed by atoms with Gasteiger partial charge in [0, 0.05) is 42.9 Å². The number of carbonyl (C=O) groups is 2. The second kappa shape index (κ2) is 9.54. The summed E-state index contributed by atoms with van der Waals surface area (Å²) in [7, 11) is 0. The topological polar surface area (TPSA) is 72.0 Å². The first-order chi connectivity index (χ1) is 15.0. The molecule has 8 heteroatoms. The predicted octanol–water partition coefficient (Wildman–Crippen LogP) is 4.45. The Kier molecular flexibility index (Phi) is 7.01. The monoisotopic (exact) mass is 443 g/mol. The second-order valence-corrected chi connectivity index (χ2v) is 8.95. The maximum Gasteiger partial charge on any atom is 0.410 e. The van der Waals surface area contributed by atoms with Gasteiger partial charge in [0.05, 0.1) is 0 Å². The van der Waals surface area contributed by atoms with Crippen molar-refractivity contribution in [2.24, 2.45) is 0 Å². The highest BCUT2D eigenvalue weighted by Gasteiger charge is 2.31. The first-order valence-electron chi connectivity index (χ1n) is 10.7. The van der Waals surface area contributed by atoms with Gasteiger partial charge in [0.1, 0.15) is 23.8 Å². The number of nitrogens with zero attached hydrogens (tertiary/aromatic N) is 3. The van der Waals surface area contributed by atoms with E-state index in [2.05, 4.69) is 9.88 Å². The summed E-state index contributed by atoms with van der Waals surface area (Å²) in [5, 5.41) is 0. The predicted molar refractivity (Wildman–Crippen MR) is 120 cm³/mol. The molecule has 1 aliphatic heterocycles. The lowest BCUT2D eigenvalue weighted by Gasteiger charge is -2.40. The van der Waals surface area contributed by atoms with Gasteiger partial charge in [-0.25, -0.2) is 9.18 Å². The lowest BCUT2D eigenvalue weighted by atomic mass is 10.1. The van der Waals surface area contributed by atoms with Crippen LogP contribution in [0.5, 0.6) is 5.88 Å². The molecule has 2 heterocycles. The van der Waals surface area contributed by atoms with Gasteiger partial charge in [-0.15, -0.1) is 0 Å². The summed E-state index contributed by atoms with van der Waals surface area (Å²) < 4.78 is 25.4. The summed E-state index contributed by atoms with van der Waals surface area (Å²) in [5.41, 5.74) is 0.139. The Balaban J connectivity index is 1.62. The van der Waals surface area contributed by atoms with Crippen LogP contribution < -0.4 is 9.64 Å². The number of Topliss-reactive ketones (excluding diaryl/α,β-unsaturated/α-hetero) is 1. The number of piperazine rings is 1. The average molecular weight is 444 g/mol. The minimum atomic E-state index is -0.535. The third-order valence-electron chi connectivity index (χ3n) is 5.12. The standard InChI is InChI=1S/C24H30FN3O4/c1-16-14-27(11-12-28(16)23(30)32-24(3,4)5)21-7-6-8-22(26-21)31-15-19-10-9-18(17(2)29)13-20(19)25/h6-10,13,16H,11-12,14-15H2,1-5H3. The van der Waals surface area contributed by atoms with Crippen LogP contribution in [0, 0.1) is 5.82 Å². The molecule has 0 spiro atoms. The quantitative estimate of drug-likeness (QED) is 0.636. The van der Waals surface area contributed by atoms with Crippen LogP contribution in [0.15, 0.2) is 36.4 Å². The smallest absolute Gasteiger partial charge is 0.410 e. The molecule has 0 saturated carbocycles. The maximum absolute atomic E-state index is 14.2. The number of aromatic nitrogens is 1. The molecule has 2 aromatic rings. The van der Waals surface area contributed by atoms with Gasteiger partial charge >= 0.3 is 6.09 Å². The van der Waals surface area contributed by atoms with Crippen LogP contribution in [0.25, 0.3) is 0 Å². The van der Waals surface area contributed by atoms with E-state index in [4.69, 9.17) is 9.47 Å². The Bertz CT molecular complexity index is 989. The molecule has 1 atom stereocenters. The van der Waals surface area contributed by atoms with Gasteiger partial charge in [0.15, 0.2) is 5.78 Å². The lowest BCUT2D eigenvalue weighted by Crippen LogP contribution is -2.55. The fraction of sp³-hybridized carbons (Fsp3) is 0.458. The number of benzene rings is 1. The summed E-state index contributed by atoms with van der Waals surface area (Å²) in [6.07, 6.45) is -0.312. The van der Waals surface area contributed by atoms with Crippen molar-refractivity contribution in [2.75, 3.05) is 24.5 Å². The normalized spacial score (nSPS) is 16.6. The van der Waals surface area contributed by atoms with Crippen LogP contribution >= 0.6 is 0 Å². The number of ether oxygens (including phenoxy) is 2. The molecule has 0 radical (unpaired) electrons. The molecular weight excluding hydrogens is 413 g/mol. The van der Waals surface area contributed by atoms with E-state index >= 15 is 0 Å². The van der Waals surface area contributed by atoms with Crippen molar-refractivity contribution in [1.29, 1.82) is 0 Å². The van der Waals surface area contributed by atoms with Crippen molar-refractivity contribution in [3.05, 3.63) is 53.3 Å². The van der Waals surface area contributed by atoms with E-state index in [9.17, 15) is 14.0 Å². The van der Waals surface area contributed by atoms with E-state index in [0.29, 0.717) is 36.6 Å². The van der Waals surface area contributed by atoms with E-state index in [-0.39, 0.29) is 24.5 Å². The Morgan fingerprint density at radius 1 is 1.19 bits per heavy atom. The van der Waals surface area contributed by atoms with Crippen molar-refractivity contribution < 1.29 is 23.5 Å². The van der Waals surface area contributed by atoms with Gasteiger partial charge in [0.2, 0.25) is 5.88 Å². The minimum Gasteiger partial charge on any atom is -0.473 e. The third kappa shape index (κ3) is 5.96. The summed E-state index contributed by atoms with van der Waals surface area (Å²) in [6, 6.07) is 9.73. The van der Waals surface area contributed by atoms with Gasteiger partial charge in [-0.05, 0) is 46.8 Å². The van der Waals surface area contributed by atoms with Crippen molar-refractivity contribution in [1.82, 2.24) is 9.88 Å². The molecule has 0 aliphatic carbocycles. The van der Waals surface area contributed by atoms with Gasteiger partial charge in [-0.3, -0.25) is 4.79 Å². The van der Waals surface area contributed by atoms with E-state index < -0.39 is 11.4 Å². The Labute approximate surface area is 188 Å². The first-order valence-corrected chi connectivity index (χ1v) is 10.7. The lowest BCUT2D eigenvalue weighted by molar-refractivity contribution is 0.0158. The SMILES string of the molecule is CC(=O)c1ccc(COc2cccc(N3CCN(C(=O)OC(C)(C)C)C(C)C3)n2)c(F)c1. The first kappa shape index (κ1) is 23.5. The van der Waals surface area contributed by atoms with Crippen molar-refractivity contribution in [2.45, 2.75) is 52.9 Å². The largest absolute Gasteiger partial charge is 0.473 e. The Morgan fingerprint density at radius 3 is 2.56 bits per heavy atom. The van der Waals surface area contributed by atoms with Crippen LogP contribution in [0.4, 0.5) is 15.0 Å². The molecule has 1 aliphatic rings. The Morgan fingerprint density at radius 2 is 1.94 bits per heavy atom. The van der Waals surface area contributed by atoms with Gasteiger partial charge in [0.25, 0.3) is 0 Å². The molecule has 1 aromatic heterocycles. The highest BCUT2D eigenvalue weighted by molar-refractivity contribution is 5.94. The van der Waals surface area contributed by atoms with Crippen LogP contribution in [0.1, 0.15) is 50.5 Å². The molecule has 0 N–H and O–H groups in total. The van der Waals surface area contributed by atoms with Crippen LogP contribution in [-0.4, -0.2) is 53.0 Å². The van der Waals surface area contributed by atoms with Gasteiger partial charge in [-0.2, -0.15) is 4.98 Å². The summed E-state index contributed by atoms with van der Waals surface area (Å²) in [5.74, 6) is 0.429. The molecule has 1 unspecified atom stereocenters. The highest BCUT2D eigenvalue weighted by Crippen LogP contribution is 2.22. The molecule has 32 heavy (non-hydrogen) atoms. The molecule has 0 bridgehead atoms. The summed E-state index contributed by atoms with van der Waals surface area (Å²) >= 11 is 0. The number of rotatable bonds is 5. The van der Waals surface area contributed by atoms with Gasteiger partial charge < -0.3 is 19.3 Å². The molecule has 172 valence electrons. The number of hydrogen-bond donors (Lipinski definition) is 0. The highest BCUT2D eigenvalue weighted by atomic mass is 19.1. The third-order valence-corrected chi connectivity index (χ3v) is 5.12. The molecule has 1 fully saturated rings. The summed E-state index contributed by atoms with van der Waals surface area (Å²) in [6.45, 7) is 10.7. The molecular formula is C24H30FN3O4. The molecule has 1 saturated heterocycles. The molecule has 1 aromatic carbocycles. The van der Waals surface area contributed by atoms with E-state index in [1.807, 2.05) is 39.8 Å². The Hall–Kier alpha value is -3.16. The second-order valence-electron chi connectivity index (χ2n) is 8.95.